The molecule has 1 aromatic heterocycles. The van der Waals surface area contributed by atoms with Gasteiger partial charge >= 0.3 is 0 Å². The average molecular weight is 272 g/mol. The molecule has 2 nitrogen and oxygen atoms in total. The van der Waals surface area contributed by atoms with Crippen LogP contribution in [0.15, 0.2) is 85.1 Å². The van der Waals surface area contributed by atoms with Gasteiger partial charge in [-0.25, -0.2) is 0 Å². The molecule has 21 heavy (non-hydrogen) atoms. The summed E-state index contributed by atoms with van der Waals surface area (Å²) in [6.45, 7) is 0. The third-order valence-corrected chi connectivity index (χ3v) is 3.99. The second-order valence-corrected chi connectivity index (χ2v) is 5.30. The molecule has 0 N–H and O–H groups in total. The smallest absolute Gasteiger partial charge is 0.0966 e. The van der Waals surface area contributed by atoms with Crippen molar-refractivity contribution in [3.05, 3.63) is 96.3 Å². The van der Waals surface area contributed by atoms with Crippen molar-refractivity contribution in [1.82, 2.24) is 4.98 Å². The highest BCUT2D eigenvalue weighted by Gasteiger charge is 2.50. The molecule has 0 saturated carbocycles. The first-order chi connectivity index (χ1) is 10.4. The van der Waals surface area contributed by atoms with Gasteiger partial charge in [-0.3, -0.25) is 4.98 Å². The van der Waals surface area contributed by atoms with E-state index in [9.17, 15) is 0 Å². The van der Waals surface area contributed by atoms with Gasteiger partial charge in [-0.1, -0.05) is 54.6 Å². The molecule has 102 valence electrons. The summed E-state index contributed by atoms with van der Waals surface area (Å²) in [6, 6.07) is 28.1. The minimum absolute atomic E-state index is 0.330. The van der Waals surface area contributed by atoms with Crippen LogP contribution in [0, 0.1) is 0 Å². The quantitative estimate of drug-likeness (QED) is 0.657. The molecule has 0 aliphatic carbocycles. The Labute approximate surface area is 124 Å². The van der Waals surface area contributed by atoms with Gasteiger partial charge in [0.2, 0.25) is 0 Å². The van der Waals surface area contributed by atoms with E-state index in [-0.39, 0.29) is 0 Å². The van der Waals surface area contributed by atoms with Crippen molar-refractivity contribution in [2.75, 3.05) is 4.90 Å². The second-order valence-electron chi connectivity index (χ2n) is 5.30. The van der Waals surface area contributed by atoms with E-state index in [1.807, 2.05) is 12.3 Å². The molecule has 0 bridgehead atoms. The molecule has 1 aliphatic heterocycles. The van der Waals surface area contributed by atoms with Crippen molar-refractivity contribution in [1.29, 1.82) is 0 Å². The standard InChI is InChI=1S/C19H16N2/c1-3-9-15(10-4-1)18-19(17-13-7-8-14-20-17)21(18)16-11-5-2-6-12-16/h1-14,18-19H/t18-,19-,21?/m1/s1. The number of aromatic nitrogens is 1. The Balaban J connectivity index is 1.74. The van der Waals surface area contributed by atoms with E-state index in [0.29, 0.717) is 12.1 Å². The number of rotatable bonds is 3. The maximum atomic E-state index is 4.55. The molecule has 1 saturated heterocycles. The Kier molecular flexibility index (Phi) is 2.93. The topological polar surface area (TPSA) is 15.9 Å². The monoisotopic (exact) mass is 272 g/mol. The third-order valence-electron chi connectivity index (χ3n) is 3.99. The first-order valence-electron chi connectivity index (χ1n) is 7.24. The molecule has 4 rings (SSSR count). The van der Waals surface area contributed by atoms with Gasteiger partial charge in [-0.15, -0.1) is 0 Å². The van der Waals surface area contributed by atoms with E-state index in [4.69, 9.17) is 0 Å². The molecule has 2 aromatic carbocycles. The summed E-state index contributed by atoms with van der Waals surface area (Å²) >= 11 is 0. The number of benzene rings is 2. The van der Waals surface area contributed by atoms with Gasteiger partial charge in [0.15, 0.2) is 0 Å². The number of para-hydroxylation sites is 1. The molecule has 0 radical (unpaired) electrons. The highest BCUT2D eigenvalue weighted by Crippen LogP contribution is 2.56. The van der Waals surface area contributed by atoms with Crippen LogP contribution in [-0.2, 0) is 0 Å². The zero-order chi connectivity index (χ0) is 14.1. The molecule has 2 heterocycles. The summed E-state index contributed by atoms with van der Waals surface area (Å²) < 4.78 is 0. The Morgan fingerprint density at radius 1 is 0.667 bits per heavy atom. The maximum Gasteiger partial charge on any atom is 0.0966 e. The molecule has 1 aliphatic rings. The SMILES string of the molecule is c1ccc([C@@H]2[C@@H](c3ccccn3)N2c2ccccc2)cc1. The van der Waals surface area contributed by atoms with Crippen LogP contribution >= 0.6 is 0 Å². The normalized spacial score (nSPS) is 20.3. The Hall–Kier alpha value is -2.61. The number of anilines is 1. The predicted octanol–water partition coefficient (Wildman–Crippen LogP) is 4.38. The van der Waals surface area contributed by atoms with Crippen LogP contribution in [0.3, 0.4) is 0 Å². The molecule has 0 spiro atoms. The number of hydrogen-bond acceptors (Lipinski definition) is 2. The van der Waals surface area contributed by atoms with E-state index < -0.39 is 0 Å². The van der Waals surface area contributed by atoms with E-state index >= 15 is 0 Å². The van der Waals surface area contributed by atoms with Crippen LogP contribution in [0.4, 0.5) is 5.69 Å². The van der Waals surface area contributed by atoms with Gasteiger partial charge < -0.3 is 4.90 Å². The van der Waals surface area contributed by atoms with E-state index in [0.717, 1.165) is 5.69 Å². The molecular weight excluding hydrogens is 256 g/mol. The first-order valence-corrected chi connectivity index (χ1v) is 7.24. The highest BCUT2D eigenvalue weighted by molar-refractivity contribution is 5.60. The minimum atomic E-state index is 0.330. The fourth-order valence-electron chi connectivity index (χ4n) is 3.00. The lowest BCUT2D eigenvalue weighted by Gasteiger charge is -2.05. The minimum Gasteiger partial charge on any atom is -0.351 e. The molecule has 0 amide bonds. The van der Waals surface area contributed by atoms with E-state index in [2.05, 4.69) is 82.7 Å². The number of hydrogen-bond donors (Lipinski definition) is 0. The Morgan fingerprint density at radius 3 is 2.00 bits per heavy atom. The fourth-order valence-corrected chi connectivity index (χ4v) is 3.00. The summed E-state index contributed by atoms with van der Waals surface area (Å²) in [5.74, 6) is 0. The van der Waals surface area contributed by atoms with Crippen molar-refractivity contribution in [3.63, 3.8) is 0 Å². The summed E-state index contributed by atoms with van der Waals surface area (Å²) in [5.41, 5.74) is 3.73. The van der Waals surface area contributed by atoms with Crippen molar-refractivity contribution < 1.29 is 0 Å². The lowest BCUT2D eigenvalue weighted by molar-refractivity contribution is 0.966. The van der Waals surface area contributed by atoms with Crippen molar-refractivity contribution in [3.8, 4) is 0 Å². The van der Waals surface area contributed by atoms with Crippen LogP contribution in [0.1, 0.15) is 23.3 Å². The number of pyridine rings is 1. The fraction of sp³-hybridized carbons (Fsp3) is 0.105. The molecule has 2 heteroatoms. The van der Waals surface area contributed by atoms with E-state index in [1.54, 1.807) is 0 Å². The third kappa shape index (κ3) is 2.19. The summed E-state index contributed by atoms with van der Waals surface area (Å²) in [5, 5.41) is 0. The van der Waals surface area contributed by atoms with E-state index in [1.165, 1.54) is 11.3 Å². The number of nitrogens with zero attached hydrogens (tertiary/aromatic N) is 2. The van der Waals surface area contributed by atoms with Gasteiger partial charge in [0.1, 0.15) is 0 Å². The second kappa shape index (κ2) is 5.06. The van der Waals surface area contributed by atoms with Crippen LogP contribution in [-0.4, -0.2) is 4.98 Å². The van der Waals surface area contributed by atoms with Crippen molar-refractivity contribution in [2.45, 2.75) is 12.1 Å². The van der Waals surface area contributed by atoms with Gasteiger partial charge in [-0.2, -0.15) is 0 Å². The Bertz CT molecular complexity index is 601. The van der Waals surface area contributed by atoms with Crippen LogP contribution < -0.4 is 4.90 Å². The van der Waals surface area contributed by atoms with Gasteiger partial charge in [0.25, 0.3) is 0 Å². The highest BCUT2D eigenvalue weighted by atomic mass is 15.4. The summed E-state index contributed by atoms with van der Waals surface area (Å²) in [4.78, 5) is 6.98. The van der Waals surface area contributed by atoms with Gasteiger partial charge in [0.05, 0.1) is 17.8 Å². The van der Waals surface area contributed by atoms with Crippen molar-refractivity contribution >= 4 is 5.69 Å². The van der Waals surface area contributed by atoms with Crippen molar-refractivity contribution in [2.24, 2.45) is 0 Å². The Morgan fingerprint density at radius 2 is 1.33 bits per heavy atom. The lowest BCUT2D eigenvalue weighted by atomic mass is 10.1. The maximum absolute atomic E-state index is 4.55. The molecule has 0 unspecified atom stereocenters. The largest absolute Gasteiger partial charge is 0.351 e. The average Bonchev–Trinajstić information content (AvgIpc) is 3.33. The molecule has 3 aromatic rings. The lowest BCUT2D eigenvalue weighted by Crippen LogP contribution is -1.96. The zero-order valence-corrected chi connectivity index (χ0v) is 11.6. The molecule has 2 atom stereocenters. The molecular formula is C19H16N2. The van der Waals surface area contributed by atoms with Crippen LogP contribution in [0.5, 0.6) is 0 Å². The zero-order valence-electron chi connectivity index (χ0n) is 11.6. The van der Waals surface area contributed by atoms with Gasteiger partial charge in [0, 0.05) is 11.9 Å². The molecule has 1 fully saturated rings. The van der Waals surface area contributed by atoms with Crippen LogP contribution in [0.2, 0.25) is 0 Å². The first kappa shape index (κ1) is 12.2. The summed E-state index contributed by atoms with van der Waals surface area (Å²) in [6.07, 6.45) is 1.87. The predicted molar refractivity (Wildman–Crippen MR) is 85.1 cm³/mol. The summed E-state index contributed by atoms with van der Waals surface area (Å²) in [7, 11) is 0. The van der Waals surface area contributed by atoms with Crippen LogP contribution in [0.25, 0.3) is 0 Å². The van der Waals surface area contributed by atoms with Gasteiger partial charge in [-0.05, 0) is 29.8 Å².